The summed E-state index contributed by atoms with van der Waals surface area (Å²) in [6, 6.07) is 2.73. The van der Waals surface area contributed by atoms with E-state index >= 15 is 0 Å². The van der Waals surface area contributed by atoms with Gasteiger partial charge >= 0.3 is 0 Å². The lowest BCUT2D eigenvalue weighted by Gasteiger charge is -2.17. The molecule has 1 aromatic carbocycles. The molecule has 1 aliphatic rings. The lowest BCUT2D eigenvalue weighted by molar-refractivity contribution is -0.385. The molecule has 0 radical (unpaired) electrons. The minimum Gasteiger partial charge on any atom is -0.460 e. The van der Waals surface area contributed by atoms with E-state index in [1.54, 1.807) is 6.08 Å². The molecule has 2 rings (SSSR count). The zero-order valence-corrected chi connectivity index (χ0v) is 8.97. The predicted molar refractivity (Wildman–Crippen MR) is 56.5 cm³/mol. The van der Waals surface area contributed by atoms with E-state index < -0.39 is 11.2 Å². The number of aliphatic hydroxyl groups excluding tert-OH is 1. The van der Waals surface area contributed by atoms with Crippen molar-refractivity contribution < 1.29 is 14.8 Å². The van der Waals surface area contributed by atoms with Crippen LogP contribution in [0, 0.1) is 10.1 Å². The minimum absolute atomic E-state index is 0.0229. The third kappa shape index (κ3) is 1.86. The molecular formula is C9H6BrNO4. The molecular weight excluding hydrogens is 266 g/mol. The third-order valence-corrected chi connectivity index (χ3v) is 2.54. The molecule has 0 saturated heterocycles. The van der Waals surface area contributed by atoms with Gasteiger partial charge in [0.15, 0.2) is 0 Å². The fourth-order valence-electron chi connectivity index (χ4n) is 1.30. The van der Waals surface area contributed by atoms with Crippen LogP contribution in [0.5, 0.6) is 5.75 Å². The van der Waals surface area contributed by atoms with Crippen LogP contribution in [0.25, 0.3) is 6.08 Å². The molecule has 1 aliphatic heterocycles. The Hall–Kier alpha value is -1.40. The van der Waals surface area contributed by atoms with Crippen molar-refractivity contribution in [3.8, 4) is 5.75 Å². The summed E-state index contributed by atoms with van der Waals surface area (Å²) in [6.45, 7) is 0. The van der Waals surface area contributed by atoms with Crippen molar-refractivity contribution in [2.24, 2.45) is 0 Å². The first-order valence-electron chi connectivity index (χ1n) is 4.09. The second-order valence-electron chi connectivity index (χ2n) is 2.97. The van der Waals surface area contributed by atoms with Crippen molar-refractivity contribution in [3.05, 3.63) is 38.4 Å². The van der Waals surface area contributed by atoms with Crippen molar-refractivity contribution >= 4 is 27.7 Å². The number of hydrogen-bond acceptors (Lipinski definition) is 4. The van der Waals surface area contributed by atoms with E-state index in [-0.39, 0.29) is 5.69 Å². The lowest BCUT2D eigenvalue weighted by atomic mass is 10.1. The van der Waals surface area contributed by atoms with E-state index in [9.17, 15) is 15.2 Å². The van der Waals surface area contributed by atoms with Gasteiger partial charge in [-0.2, -0.15) is 0 Å². The summed E-state index contributed by atoms with van der Waals surface area (Å²) in [6.07, 6.45) is 2.00. The van der Waals surface area contributed by atoms with Gasteiger partial charge in [-0.15, -0.1) is 0 Å². The molecule has 5 nitrogen and oxygen atoms in total. The Balaban J connectivity index is 2.55. The maximum absolute atomic E-state index is 10.6. The fourth-order valence-corrected chi connectivity index (χ4v) is 1.86. The normalized spacial score (nSPS) is 18.1. The SMILES string of the molecule is O=[N+]([O-])c1cc(Br)c2c(c1)C=C[C@H](O)O2. The van der Waals surface area contributed by atoms with E-state index in [0.717, 1.165) is 0 Å². The maximum atomic E-state index is 10.6. The molecule has 1 atom stereocenters. The van der Waals surface area contributed by atoms with Crippen LogP contribution >= 0.6 is 15.9 Å². The standard InChI is InChI=1S/C9H6BrNO4/c10-7-4-6(11(13)14)3-5-1-2-8(12)15-9(5)7/h1-4,8,12H/t8-/m1/s1. The molecule has 0 bridgehead atoms. The molecule has 0 aliphatic carbocycles. The molecule has 15 heavy (non-hydrogen) atoms. The van der Waals surface area contributed by atoms with Gasteiger partial charge in [-0.3, -0.25) is 10.1 Å². The smallest absolute Gasteiger partial charge is 0.271 e. The van der Waals surface area contributed by atoms with Crippen molar-refractivity contribution in [3.63, 3.8) is 0 Å². The minimum atomic E-state index is -1.00. The van der Waals surface area contributed by atoms with Crippen LogP contribution < -0.4 is 4.74 Å². The average molecular weight is 272 g/mol. The van der Waals surface area contributed by atoms with Gasteiger partial charge in [0.2, 0.25) is 6.29 Å². The van der Waals surface area contributed by atoms with Gasteiger partial charge in [0, 0.05) is 17.7 Å². The first-order chi connectivity index (χ1) is 7.08. The summed E-state index contributed by atoms with van der Waals surface area (Å²) in [5.41, 5.74) is 0.548. The largest absolute Gasteiger partial charge is 0.460 e. The highest BCUT2D eigenvalue weighted by atomic mass is 79.9. The number of ether oxygens (including phenoxy) is 1. The fraction of sp³-hybridized carbons (Fsp3) is 0.111. The number of aliphatic hydroxyl groups is 1. The van der Waals surface area contributed by atoms with E-state index in [4.69, 9.17) is 4.74 Å². The number of nitro groups is 1. The number of rotatable bonds is 1. The summed E-state index contributed by atoms with van der Waals surface area (Å²) in [5.74, 6) is 0.413. The highest BCUT2D eigenvalue weighted by Gasteiger charge is 2.19. The van der Waals surface area contributed by atoms with E-state index in [2.05, 4.69) is 15.9 Å². The molecule has 0 saturated carbocycles. The Morgan fingerprint density at radius 1 is 1.53 bits per heavy atom. The average Bonchev–Trinajstić information content (AvgIpc) is 2.18. The van der Waals surface area contributed by atoms with Gasteiger partial charge in [-0.1, -0.05) is 0 Å². The van der Waals surface area contributed by atoms with Crippen molar-refractivity contribution in [1.82, 2.24) is 0 Å². The van der Waals surface area contributed by atoms with E-state index in [0.29, 0.717) is 15.8 Å². The van der Waals surface area contributed by atoms with Crippen LogP contribution in [0.1, 0.15) is 5.56 Å². The van der Waals surface area contributed by atoms with Gasteiger partial charge in [-0.05, 0) is 28.1 Å². The quantitative estimate of drug-likeness (QED) is 0.627. The molecule has 0 unspecified atom stereocenters. The molecule has 0 spiro atoms. The van der Waals surface area contributed by atoms with Crippen LogP contribution in [0.4, 0.5) is 5.69 Å². The summed E-state index contributed by atoms with van der Waals surface area (Å²) in [4.78, 5) is 10.1. The van der Waals surface area contributed by atoms with Gasteiger partial charge in [0.1, 0.15) is 5.75 Å². The summed E-state index contributed by atoms with van der Waals surface area (Å²) >= 11 is 3.15. The number of fused-ring (bicyclic) bond motifs is 1. The van der Waals surface area contributed by atoms with Crippen LogP contribution in [0.3, 0.4) is 0 Å². The van der Waals surface area contributed by atoms with Crippen molar-refractivity contribution in [2.45, 2.75) is 6.29 Å². The van der Waals surface area contributed by atoms with E-state index in [1.807, 2.05) is 0 Å². The molecule has 1 aromatic rings. The number of hydrogen-bond donors (Lipinski definition) is 1. The maximum Gasteiger partial charge on any atom is 0.271 e. The third-order valence-electron chi connectivity index (χ3n) is 1.95. The van der Waals surface area contributed by atoms with E-state index in [1.165, 1.54) is 18.2 Å². The van der Waals surface area contributed by atoms with Crippen molar-refractivity contribution in [2.75, 3.05) is 0 Å². The summed E-state index contributed by atoms with van der Waals surface area (Å²) in [7, 11) is 0. The molecule has 0 aromatic heterocycles. The Kier molecular flexibility index (Phi) is 2.45. The van der Waals surface area contributed by atoms with Gasteiger partial charge in [0.05, 0.1) is 9.40 Å². The van der Waals surface area contributed by atoms with Gasteiger partial charge in [-0.25, -0.2) is 0 Å². The number of nitro benzene ring substituents is 1. The summed E-state index contributed by atoms with van der Waals surface area (Å²) in [5, 5.41) is 19.8. The Bertz CT molecular complexity index is 458. The monoisotopic (exact) mass is 271 g/mol. The summed E-state index contributed by atoms with van der Waals surface area (Å²) < 4.78 is 5.55. The lowest BCUT2D eigenvalue weighted by Crippen LogP contribution is -2.15. The topological polar surface area (TPSA) is 72.6 Å². The first-order valence-corrected chi connectivity index (χ1v) is 4.88. The molecule has 1 N–H and O–H groups in total. The molecule has 0 fully saturated rings. The Morgan fingerprint density at radius 3 is 2.93 bits per heavy atom. The Labute approximate surface area is 93.3 Å². The number of nitrogens with zero attached hydrogens (tertiary/aromatic N) is 1. The zero-order chi connectivity index (χ0) is 11.0. The Morgan fingerprint density at radius 2 is 2.27 bits per heavy atom. The second kappa shape index (κ2) is 3.63. The van der Waals surface area contributed by atoms with Crippen LogP contribution in [0.2, 0.25) is 0 Å². The number of non-ortho nitro benzene ring substituents is 1. The van der Waals surface area contributed by atoms with Crippen LogP contribution in [-0.2, 0) is 0 Å². The number of benzene rings is 1. The highest BCUT2D eigenvalue weighted by molar-refractivity contribution is 9.10. The molecule has 1 heterocycles. The highest BCUT2D eigenvalue weighted by Crippen LogP contribution is 2.36. The van der Waals surface area contributed by atoms with Gasteiger partial charge in [0.25, 0.3) is 5.69 Å². The van der Waals surface area contributed by atoms with Gasteiger partial charge < -0.3 is 9.84 Å². The zero-order valence-electron chi connectivity index (χ0n) is 7.38. The molecule has 6 heteroatoms. The predicted octanol–water partition coefficient (Wildman–Crippen LogP) is 2.08. The van der Waals surface area contributed by atoms with Crippen LogP contribution in [0.15, 0.2) is 22.7 Å². The molecule has 0 amide bonds. The number of halogens is 1. The second-order valence-corrected chi connectivity index (χ2v) is 3.82. The van der Waals surface area contributed by atoms with Crippen molar-refractivity contribution in [1.29, 1.82) is 0 Å². The van der Waals surface area contributed by atoms with Crippen LogP contribution in [-0.4, -0.2) is 16.3 Å². The molecule has 78 valence electrons. The first kappa shape index (κ1) is 10.1.